The summed E-state index contributed by atoms with van der Waals surface area (Å²) in [6.07, 6.45) is 2.65. The molecule has 1 aromatic rings. The number of nitrogens with one attached hydrogen (secondary N) is 2. The first-order valence-corrected chi connectivity index (χ1v) is 7.59. The predicted molar refractivity (Wildman–Crippen MR) is 84.8 cm³/mol. The smallest absolute Gasteiger partial charge is 0.287 e. The normalized spacial score (nSPS) is 10.7. The second-order valence-corrected chi connectivity index (χ2v) is 5.65. The van der Waals surface area contributed by atoms with E-state index in [1.165, 1.54) is 10.9 Å². The van der Waals surface area contributed by atoms with Crippen molar-refractivity contribution in [3.05, 3.63) is 21.6 Å². The Morgan fingerprint density at radius 1 is 1.48 bits per heavy atom. The van der Waals surface area contributed by atoms with Crippen LogP contribution in [0.4, 0.5) is 5.69 Å². The van der Waals surface area contributed by atoms with Gasteiger partial charge >= 0.3 is 0 Å². The minimum atomic E-state index is -0.312. The van der Waals surface area contributed by atoms with Crippen LogP contribution in [0.25, 0.3) is 0 Å². The van der Waals surface area contributed by atoms with Crippen molar-refractivity contribution < 1.29 is 4.79 Å². The molecule has 1 amide bonds. The van der Waals surface area contributed by atoms with E-state index in [0.717, 1.165) is 6.42 Å². The summed E-state index contributed by atoms with van der Waals surface area (Å²) in [7, 11) is 0. The summed E-state index contributed by atoms with van der Waals surface area (Å²) < 4.78 is 1.34. The topological polar surface area (TPSA) is 76.0 Å². The first kappa shape index (κ1) is 17.5. The Morgan fingerprint density at radius 2 is 2.19 bits per heavy atom. The third-order valence-electron chi connectivity index (χ3n) is 2.80. The SMILES string of the molecule is CCCn1ncc(NCCC(=O)NCC(C)C)c(Cl)c1=O. The van der Waals surface area contributed by atoms with Gasteiger partial charge in [0.05, 0.1) is 11.9 Å². The molecule has 0 aliphatic heterocycles. The van der Waals surface area contributed by atoms with Crippen LogP contribution in [-0.2, 0) is 11.3 Å². The molecule has 0 aliphatic rings. The summed E-state index contributed by atoms with van der Waals surface area (Å²) in [5.41, 5.74) is 0.151. The fourth-order valence-electron chi connectivity index (χ4n) is 1.68. The van der Waals surface area contributed by atoms with Crippen LogP contribution in [0.15, 0.2) is 11.0 Å². The molecule has 7 heteroatoms. The van der Waals surface area contributed by atoms with Gasteiger partial charge < -0.3 is 10.6 Å². The maximum absolute atomic E-state index is 11.9. The molecule has 0 fully saturated rings. The van der Waals surface area contributed by atoms with Crippen molar-refractivity contribution in [2.75, 3.05) is 18.4 Å². The van der Waals surface area contributed by atoms with Gasteiger partial charge in [0.2, 0.25) is 5.91 Å². The molecule has 0 spiro atoms. The highest BCUT2D eigenvalue weighted by Gasteiger charge is 2.09. The van der Waals surface area contributed by atoms with Gasteiger partial charge in [0.15, 0.2) is 0 Å². The zero-order valence-electron chi connectivity index (χ0n) is 12.8. The van der Waals surface area contributed by atoms with Gasteiger partial charge in [0.1, 0.15) is 5.02 Å². The first-order chi connectivity index (χ1) is 9.95. The molecule has 2 N–H and O–H groups in total. The Bertz CT molecular complexity index is 528. The Labute approximate surface area is 129 Å². The van der Waals surface area contributed by atoms with E-state index in [2.05, 4.69) is 15.7 Å². The minimum Gasteiger partial charge on any atom is -0.382 e. The van der Waals surface area contributed by atoms with Gasteiger partial charge in [-0.3, -0.25) is 9.59 Å². The van der Waals surface area contributed by atoms with Crippen LogP contribution in [0.2, 0.25) is 5.02 Å². The van der Waals surface area contributed by atoms with E-state index < -0.39 is 0 Å². The monoisotopic (exact) mass is 314 g/mol. The molecule has 6 nitrogen and oxygen atoms in total. The Morgan fingerprint density at radius 3 is 2.81 bits per heavy atom. The summed E-state index contributed by atoms with van der Waals surface area (Å²) in [5.74, 6) is 0.395. The lowest BCUT2D eigenvalue weighted by molar-refractivity contribution is -0.120. The molecule has 1 heterocycles. The standard InChI is InChI=1S/C14H23ClN4O2/c1-4-7-19-14(21)13(15)11(9-18-19)16-6-5-12(20)17-8-10(2)3/h9-10,16H,4-8H2,1-3H3,(H,17,20). The maximum atomic E-state index is 11.9. The number of amides is 1. The van der Waals surface area contributed by atoms with E-state index in [4.69, 9.17) is 11.6 Å². The fourth-order valence-corrected chi connectivity index (χ4v) is 1.89. The number of carbonyl (C=O) groups excluding carboxylic acids is 1. The summed E-state index contributed by atoms with van der Waals surface area (Å²) >= 11 is 6.02. The Kier molecular flexibility index (Phi) is 7.22. The lowest BCUT2D eigenvalue weighted by atomic mass is 10.2. The van der Waals surface area contributed by atoms with Crippen molar-refractivity contribution in [2.45, 2.75) is 40.2 Å². The van der Waals surface area contributed by atoms with E-state index in [1.54, 1.807) is 0 Å². The van der Waals surface area contributed by atoms with Crippen LogP contribution < -0.4 is 16.2 Å². The van der Waals surface area contributed by atoms with Gasteiger partial charge in [-0.1, -0.05) is 32.4 Å². The van der Waals surface area contributed by atoms with Crippen molar-refractivity contribution >= 4 is 23.2 Å². The van der Waals surface area contributed by atoms with Gasteiger partial charge in [0, 0.05) is 26.1 Å². The van der Waals surface area contributed by atoms with Crippen molar-refractivity contribution in [2.24, 2.45) is 5.92 Å². The van der Waals surface area contributed by atoms with Gasteiger partial charge in [-0.2, -0.15) is 5.10 Å². The van der Waals surface area contributed by atoms with E-state index >= 15 is 0 Å². The molecular formula is C14H23ClN4O2. The number of aromatic nitrogens is 2. The molecule has 0 aromatic carbocycles. The van der Waals surface area contributed by atoms with E-state index in [1.807, 2.05) is 20.8 Å². The number of anilines is 1. The van der Waals surface area contributed by atoms with Crippen LogP contribution in [-0.4, -0.2) is 28.8 Å². The van der Waals surface area contributed by atoms with Crippen molar-refractivity contribution in [3.63, 3.8) is 0 Å². The molecule has 1 aromatic heterocycles. The molecule has 1 rings (SSSR count). The van der Waals surface area contributed by atoms with Crippen LogP contribution >= 0.6 is 11.6 Å². The number of halogens is 1. The second kappa shape index (κ2) is 8.67. The van der Waals surface area contributed by atoms with Gasteiger partial charge in [0.25, 0.3) is 5.56 Å². The highest BCUT2D eigenvalue weighted by atomic mass is 35.5. The number of hydrogen-bond donors (Lipinski definition) is 2. The molecule has 0 saturated heterocycles. The van der Waals surface area contributed by atoms with E-state index in [0.29, 0.717) is 37.7 Å². The zero-order valence-corrected chi connectivity index (χ0v) is 13.5. The largest absolute Gasteiger partial charge is 0.382 e. The molecule has 0 bridgehead atoms. The fraction of sp³-hybridized carbons (Fsp3) is 0.643. The number of aryl methyl sites for hydroxylation is 1. The molecule has 0 aliphatic carbocycles. The minimum absolute atomic E-state index is 0.0281. The maximum Gasteiger partial charge on any atom is 0.287 e. The van der Waals surface area contributed by atoms with Crippen molar-refractivity contribution in [3.8, 4) is 0 Å². The highest BCUT2D eigenvalue weighted by Crippen LogP contribution is 2.14. The molecular weight excluding hydrogens is 292 g/mol. The Balaban J connectivity index is 2.51. The van der Waals surface area contributed by atoms with Gasteiger partial charge in [-0.05, 0) is 12.3 Å². The molecule has 0 atom stereocenters. The molecule has 118 valence electrons. The molecule has 0 saturated carbocycles. The third kappa shape index (κ3) is 5.75. The van der Waals surface area contributed by atoms with Gasteiger partial charge in [-0.15, -0.1) is 0 Å². The average Bonchev–Trinajstić information content (AvgIpc) is 2.44. The average molecular weight is 315 g/mol. The molecule has 0 radical (unpaired) electrons. The van der Waals surface area contributed by atoms with Crippen molar-refractivity contribution in [1.29, 1.82) is 0 Å². The van der Waals surface area contributed by atoms with E-state index in [9.17, 15) is 9.59 Å². The number of hydrogen-bond acceptors (Lipinski definition) is 4. The summed E-state index contributed by atoms with van der Waals surface area (Å²) in [6.45, 7) is 7.64. The van der Waals surface area contributed by atoms with Crippen LogP contribution in [0.1, 0.15) is 33.6 Å². The predicted octanol–water partition coefficient (Wildman–Crippen LogP) is 1.88. The number of rotatable bonds is 8. The quantitative estimate of drug-likeness (QED) is 0.768. The first-order valence-electron chi connectivity index (χ1n) is 7.21. The van der Waals surface area contributed by atoms with Crippen LogP contribution in [0, 0.1) is 5.92 Å². The van der Waals surface area contributed by atoms with Crippen LogP contribution in [0.3, 0.4) is 0 Å². The lowest BCUT2D eigenvalue weighted by Crippen LogP contribution is -2.29. The third-order valence-corrected chi connectivity index (χ3v) is 3.16. The number of nitrogens with zero attached hydrogens (tertiary/aromatic N) is 2. The summed E-state index contributed by atoms with van der Waals surface area (Å²) in [5, 5.41) is 9.95. The molecule has 0 unspecified atom stereocenters. The van der Waals surface area contributed by atoms with Crippen LogP contribution in [0.5, 0.6) is 0 Å². The highest BCUT2D eigenvalue weighted by molar-refractivity contribution is 6.32. The van der Waals surface area contributed by atoms with Crippen molar-refractivity contribution in [1.82, 2.24) is 15.1 Å². The lowest BCUT2D eigenvalue weighted by Gasteiger charge is -2.10. The van der Waals surface area contributed by atoms with E-state index in [-0.39, 0.29) is 16.5 Å². The number of carbonyl (C=O) groups is 1. The second-order valence-electron chi connectivity index (χ2n) is 5.28. The summed E-state index contributed by atoms with van der Waals surface area (Å²) in [6, 6.07) is 0. The van der Waals surface area contributed by atoms with Gasteiger partial charge in [-0.25, -0.2) is 4.68 Å². The Hall–Kier alpha value is -1.56. The molecule has 21 heavy (non-hydrogen) atoms. The summed E-state index contributed by atoms with van der Waals surface area (Å²) in [4.78, 5) is 23.5. The zero-order chi connectivity index (χ0) is 15.8.